The van der Waals surface area contributed by atoms with E-state index in [4.69, 9.17) is 9.51 Å². The monoisotopic (exact) mass is 463 g/mol. The number of hydrogen-bond acceptors (Lipinski definition) is 7. The van der Waals surface area contributed by atoms with Crippen LogP contribution in [-0.4, -0.2) is 25.3 Å². The summed E-state index contributed by atoms with van der Waals surface area (Å²) in [4.78, 5) is 9.33. The number of nitrogens with one attached hydrogen (secondary N) is 3. The second kappa shape index (κ2) is 9.06. The van der Waals surface area contributed by atoms with Gasteiger partial charge in [-0.1, -0.05) is 65.8 Å². The summed E-state index contributed by atoms with van der Waals surface area (Å²) in [5.74, 6) is 3.19. The highest BCUT2D eigenvalue weighted by Crippen LogP contribution is 2.39. The summed E-state index contributed by atoms with van der Waals surface area (Å²) in [5.41, 5.74) is 4.79. The Hall–Kier alpha value is -4.46. The lowest BCUT2D eigenvalue weighted by Crippen LogP contribution is -2.14. The van der Waals surface area contributed by atoms with Crippen LogP contribution in [0, 0.1) is 6.92 Å². The lowest BCUT2D eigenvalue weighted by molar-refractivity contribution is 0.379. The molecule has 6 rings (SSSR count). The van der Waals surface area contributed by atoms with Crippen LogP contribution in [0.5, 0.6) is 0 Å². The van der Waals surface area contributed by atoms with Crippen LogP contribution >= 0.6 is 0 Å². The molecule has 3 aromatic heterocycles. The lowest BCUT2D eigenvalue weighted by atomic mass is 10.0. The number of hydrogen-bond donors (Lipinski definition) is 3. The Morgan fingerprint density at radius 3 is 2.46 bits per heavy atom. The number of aryl methyl sites for hydroxylation is 1. The average molecular weight is 464 g/mol. The number of benzene rings is 2. The molecule has 1 saturated carbocycles. The van der Waals surface area contributed by atoms with Crippen molar-refractivity contribution in [1.29, 1.82) is 0 Å². The zero-order chi connectivity index (χ0) is 23.6. The van der Waals surface area contributed by atoms with Crippen molar-refractivity contribution in [3.8, 4) is 11.3 Å². The fourth-order valence-corrected chi connectivity index (χ4v) is 4.10. The van der Waals surface area contributed by atoms with Crippen LogP contribution in [0.3, 0.4) is 0 Å². The van der Waals surface area contributed by atoms with Gasteiger partial charge in [-0.25, -0.2) is 4.98 Å². The van der Waals surface area contributed by atoms with E-state index < -0.39 is 0 Å². The van der Waals surface area contributed by atoms with Crippen molar-refractivity contribution in [1.82, 2.24) is 25.3 Å². The van der Waals surface area contributed by atoms with E-state index in [2.05, 4.69) is 37.0 Å². The van der Waals surface area contributed by atoms with E-state index >= 15 is 0 Å². The molecule has 8 heteroatoms. The van der Waals surface area contributed by atoms with E-state index in [-0.39, 0.29) is 6.04 Å². The molecular weight excluding hydrogens is 438 g/mol. The molecule has 1 aliphatic rings. The molecule has 174 valence electrons. The van der Waals surface area contributed by atoms with Crippen LogP contribution < -0.4 is 10.6 Å². The molecule has 1 aliphatic carbocycles. The van der Waals surface area contributed by atoms with E-state index in [1.165, 1.54) is 18.5 Å². The SMILES string of the molecule is Cc1cc(Nc2cc(C3CC3)[nH]n2)nc(NC(c2ccccc2)c2cc(-c3ccccc3)no2)n1. The highest BCUT2D eigenvalue weighted by molar-refractivity contribution is 5.59. The summed E-state index contributed by atoms with van der Waals surface area (Å²) in [7, 11) is 0. The molecule has 5 aromatic rings. The maximum atomic E-state index is 5.80. The Morgan fingerprint density at radius 1 is 0.914 bits per heavy atom. The van der Waals surface area contributed by atoms with Gasteiger partial charge in [0.25, 0.3) is 0 Å². The van der Waals surface area contributed by atoms with Gasteiger partial charge in [0.1, 0.15) is 17.6 Å². The molecule has 0 saturated heterocycles. The summed E-state index contributed by atoms with van der Waals surface area (Å²) in [5, 5.41) is 18.6. The molecule has 0 amide bonds. The van der Waals surface area contributed by atoms with Gasteiger partial charge in [-0.3, -0.25) is 5.10 Å². The van der Waals surface area contributed by atoms with Gasteiger partial charge in [-0.05, 0) is 25.3 Å². The van der Waals surface area contributed by atoms with Crippen LogP contribution in [0.25, 0.3) is 11.3 Å². The van der Waals surface area contributed by atoms with Gasteiger partial charge in [-0.2, -0.15) is 10.1 Å². The number of rotatable bonds is 8. The minimum Gasteiger partial charge on any atom is -0.358 e. The number of anilines is 3. The largest absolute Gasteiger partial charge is 0.358 e. The number of aromatic amines is 1. The summed E-state index contributed by atoms with van der Waals surface area (Å²) in [6.07, 6.45) is 2.44. The highest BCUT2D eigenvalue weighted by atomic mass is 16.5. The first-order chi connectivity index (χ1) is 17.2. The second-order valence-corrected chi connectivity index (χ2v) is 8.79. The van der Waals surface area contributed by atoms with Crippen molar-refractivity contribution in [2.45, 2.75) is 31.7 Å². The Balaban J connectivity index is 1.29. The van der Waals surface area contributed by atoms with Crippen molar-refractivity contribution in [2.75, 3.05) is 10.6 Å². The topological polar surface area (TPSA) is 105 Å². The van der Waals surface area contributed by atoms with E-state index in [1.54, 1.807) is 0 Å². The van der Waals surface area contributed by atoms with Gasteiger partial charge >= 0.3 is 0 Å². The van der Waals surface area contributed by atoms with Crippen molar-refractivity contribution in [2.24, 2.45) is 0 Å². The van der Waals surface area contributed by atoms with Crippen LogP contribution in [-0.2, 0) is 0 Å². The molecule has 0 spiro atoms. The molecule has 1 fully saturated rings. The van der Waals surface area contributed by atoms with Crippen molar-refractivity contribution >= 4 is 17.6 Å². The molecule has 0 bridgehead atoms. The first kappa shape index (κ1) is 21.1. The summed E-state index contributed by atoms with van der Waals surface area (Å²) >= 11 is 0. The molecule has 1 unspecified atom stereocenters. The van der Waals surface area contributed by atoms with Crippen LogP contribution in [0.2, 0.25) is 0 Å². The lowest BCUT2D eigenvalue weighted by Gasteiger charge is -2.17. The first-order valence-corrected chi connectivity index (χ1v) is 11.7. The fourth-order valence-electron chi connectivity index (χ4n) is 4.10. The third kappa shape index (κ3) is 4.77. The van der Waals surface area contributed by atoms with Crippen LogP contribution in [0.15, 0.2) is 83.4 Å². The molecule has 0 radical (unpaired) electrons. The third-order valence-electron chi connectivity index (χ3n) is 6.01. The molecule has 1 atom stereocenters. The van der Waals surface area contributed by atoms with Crippen LogP contribution in [0.1, 0.15) is 47.5 Å². The van der Waals surface area contributed by atoms with Gasteiger partial charge in [0.2, 0.25) is 5.95 Å². The summed E-state index contributed by atoms with van der Waals surface area (Å²) in [6.45, 7) is 1.94. The van der Waals surface area contributed by atoms with E-state index in [9.17, 15) is 0 Å². The van der Waals surface area contributed by atoms with Gasteiger partial charge in [0.15, 0.2) is 11.6 Å². The van der Waals surface area contributed by atoms with Gasteiger partial charge in [0.05, 0.1) is 0 Å². The molecule has 8 nitrogen and oxygen atoms in total. The summed E-state index contributed by atoms with van der Waals surface area (Å²) < 4.78 is 5.80. The summed E-state index contributed by atoms with van der Waals surface area (Å²) in [6, 6.07) is 25.6. The normalized spacial score (nSPS) is 14.0. The van der Waals surface area contributed by atoms with Crippen molar-refractivity contribution in [3.63, 3.8) is 0 Å². The molecular formula is C27H25N7O. The molecule has 0 aliphatic heterocycles. The van der Waals surface area contributed by atoms with Crippen molar-refractivity contribution < 1.29 is 4.52 Å². The second-order valence-electron chi connectivity index (χ2n) is 8.79. The highest BCUT2D eigenvalue weighted by Gasteiger charge is 2.26. The molecule has 3 N–H and O–H groups in total. The third-order valence-corrected chi connectivity index (χ3v) is 6.01. The van der Waals surface area contributed by atoms with E-state index in [1.807, 2.05) is 79.7 Å². The number of nitrogens with zero attached hydrogens (tertiary/aromatic N) is 4. The zero-order valence-corrected chi connectivity index (χ0v) is 19.3. The Kier molecular flexibility index (Phi) is 5.46. The average Bonchev–Trinajstić information content (AvgIpc) is 3.43. The van der Waals surface area contributed by atoms with Crippen LogP contribution in [0.4, 0.5) is 17.6 Å². The number of aromatic nitrogens is 5. The van der Waals surface area contributed by atoms with Gasteiger partial charge in [0, 0.05) is 41.1 Å². The fraction of sp³-hybridized carbons (Fsp3) is 0.185. The smallest absolute Gasteiger partial charge is 0.225 e. The minimum absolute atomic E-state index is 0.317. The van der Waals surface area contributed by atoms with Gasteiger partial charge < -0.3 is 15.2 Å². The maximum absolute atomic E-state index is 5.80. The minimum atomic E-state index is -0.317. The Bertz CT molecular complexity index is 1420. The molecule has 2 aromatic carbocycles. The molecule has 3 heterocycles. The standard InChI is InChI=1S/C27H25N7O/c1-17-14-24(29-25-16-21(32-33-25)19-12-13-19)30-27(28-17)31-26(20-10-6-3-7-11-20)23-15-22(34-35-23)18-8-4-2-5-9-18/h2-11,14-16,19,26H,12-13H2,1H3,(H3,28,29,30,31,32,33). The zero-order valence-electron chi connectivity index (χ0n) is 19.3. The van der Waals surface area contributed by atoms with Gasteiger partial charge in [-0.15, -0.1) is 0 Å². The van der Waals surface area contributed by atoms with E-state index in [0.717, 1.165) is 28.3 Å². The number of H-pyrrole nitrogens is 1. The molecule has 35 heavy (non-hydrogen) atoms. The quantitative estimate of drug-likeness (QED) is 0.260. The predicted molar refractivity (Wildman–Crippen MR) is 134 cm³/mol. The maximum Gasteiger partial charge on any atom is 0.225 e. The predicted octanol–water partition coefficient (Wildman–Crippen LogP) is 5.99. The van der Waals surface area contributed by atoms with E-state index in [0.29, 0.717) is 23.4 Å². The Labute approximate surface area is 202 Å². The first-order valence-electron chi connectivity index (χ1n) is 11.7. The Morgan fingerprint density at radius 2 is 1.69 bits per heavy atom. The van der Waals surface area contributed by atoms with Crippen molar-refractivity contribution in [3.05, 3.63) is 102 Å².